The second-order valence-corrected chi connectivity index (χ2v) is 15.3. The Kier molecular flexibility index (Phi) is 8.41. The summed E-state index contributed by atoms with van der Waals surface area (Å²) >= 11 is 0. The molecule has 0 atom stereocenters. The smallest absolute Gasteiger partial charge is 0.0978 e. The molecule has 0 saturated heterocycles. The molecule has 11 aromatic rings. The summed E-state index contributed by atoms with van der Waals surface area (Å²) in [4.78, 5) is 10.6. The van der Waals surface area contributed by atoms with Crippen molar-refractivity contribution in [2.75, 3.05) is 0 Å². The highest BCUT2D eigenvalue weighted by Gasteiger charge is 2.21. The first-order chi connectivity index (χ1) is 29.2. The molecular weight excluding hydrogens is 713 g/mol. The van der Waals surface area contributed by atoms with Gasteiger partial charge in [0.1, 0.15) is 0 Å². The first kappa shape index (κ1) is 34.6. The summed E-state index contributed by atoms with van der Waals surface area (Å²) in [7, 11) is 0. The fourth-order valence-electron chi connectivity index (χ4n) is 9.04. The second-order valence-electron chi connectivity index (χ2n) is 15.3. The summed E-state index contributed by atoms with van der Waals surface area (Å²) in [6.07, 6.45) is 0. The molecule has 0 N–H and O–H groups in total. The molecule has 0 amide bonds. The Bertz CT molecular complexity index is 3340. The van der Waals surface area contributed by atoms with Crippen LogP contribution < -0.4 is 0 Å². The Morgan fingerprint density at radius 3 is 1.19 bits per heavy atom. The van der Waals surface area contributed by atoms with Crippen molar-refractivity contribution in [2.24, 2.45) is 0 Å². The summed E-state index contributed by atoms with van der Waals surface area (Å²) < 4.78 is 0. The fourth-order valence-corrected chi connectivity index (χ4v) is 9.04. The van der Waals surface area contributed by atoms with Gasteiger partial charge < -0.3 is 0 Å². The van der Waals surface area contributed by atoms with Gasteiger partial charge in [0, 0.05) is 22.0 Å². The van der Waals surface area contributed by atoms with Gasteiger partial charge in [-0.2, -0.15) is 0 Å². The number of pyridine rings is 2. The summed E-state index contributed by atoms with van der Waals surface area (Å²) in [5.74, 6) is 0. The van der Waals surface area contributed by atoms with E-state index in [4.69, 9.17) is 9.97 Å². The van der Waals surface area contributed by atoms with E-state index in [1.165, 1.54) is 60.5 Å². The second kappa shape index (κ2) is 14.4. The molecule has 2 heteroatoms. The number of rotatable bonds is 6. The van der Waals surface area contributed by atoms with E-state index in [2.05, 4.69) is 219 Å². The maximum atomic E-state index is 5.43. The van der Waals surface area contributed by atoms with E-state index in [1.54, 1.807) is 0 Å². The topological polar surface area (TPSA) is 25.8 Å². The Morgan fingerprint density at radius 1 is 0.254 bits per heavy atom. The van der Waals surface area contributed by atoms with Crippen LogP contribution in [0.25, 0.3) is 110 Å². The lowest BCUT2D eigenvalue weighted by Crippen LogP contribution is -1.96. The van der Waals surface area contributed by atoms with Crippen molar-refractivity contribution in [3.05, 3.63) is 218 Å². The summed E-state index contributed by atoms with van der Waals surface area (Å²) in [6.45, 7) is 2.06. The minimum absolute atomic E-state index is 0.910. The van der Waals surface area contributed by atoms with Gasteiger partial charge in [-0.25, -0.2) is 4.98 Å². The first-order valence-corrected chi connectivity index (χ1v) is 20.2. The van der Waals surface area contributed by atoms with Gasteiger partial charge in [-0.05, 0) is 108 Å². The summed E-state index contributed by atoms with van der Waals surface area (Å²) in [6, 6.07) is 76.4. The standard InChI is InChI=1S/C57H38N2/c1-37-26-32-48-54(42-20-10-4-11-21-42)55(43-22-12-5-13-23-43)49-34-35-51(59-57(49)56(48)58-37)39-29-27-38(28-30-39)44-31-33-47-50(36-44)53(41-18-8-3-9-19-41)46-25-15-14-24-45(46)52(47)40-16-6-2-7-17-40/h2-36H,1H3. The van der Waals surface area contributed by atoms with Gasteiger partial charge in [0.05, 0.1) is 16.7 Å². The van der Waals surface area contributed by atoms with Crippen LogP contribution in [0.3, 0.4) is 0 Å². The Balaban J connectivity index is 1.07. The molecule has 2 heterocycles. The molecule has 11 rings (SSSR count). The van der Waals surface area contributed by atoms with Crippen LogP contribution in [0.2, 0.25) is 0 Å². The normalized spacial score (nSPS) is 11.5. The average Bonchev–Trinajstić information content (AvgIpc) is 3.31. The predicted molar refractivity (Wildman–Crippen MR) is 249 cm³/mol. The van der Waals surface area contributed by atoms with Crippen molar-refractivity contribution in [2.45, 2.75) is 6.92 Å². The van der Waals surface area contributed by atoms with E-state index in [9.17, 15) is 0 Å². The van der Waals surface area contributed by atoms with E-state index < -0.39 is 0 Å². The Hall–Kier alpha value is -7.68. The maximum Gasteiger partial charge on any atom is 0.0978 e. The Morgan fingerprint density at radius 2 is 0.644 bits per heavy atom. The molecule has 2 aromatic heterocycles. The predicted octanol–water partition coefficient (Wildman–Crippen LogP) is 15.4. The number of aromatic nitrogens is 2. The van der Waals surface area contributed by atoms with Crippen molar-refractivity contribution >= 4 is 43.4 Å². The SMILES string of the molecule is Cc1ccc2c(-c3ccccc3)c(-c3ccccc3)c3ccc(-c4ccc(-c5ccc6c(-c7ccccc7)c7ccccc7c(-c7ccccc7)c6c5)cc4)nc3c2n1. The zero-order chi connectivity index (χ0) is 39.3. The highest BCUT2D eigenvalue weighted by atomic mass is 14.8. The quantitative estimate of drug-likeness (QED) is 0.125. The van der Waals surface area contributed by atoms with Crippen LogP contribution in [0.15, 0.2) is 212 Å². The van der Waals surface area contributed by atoms with Crippen molar-refractivity contribution in [3.63, 3.8) is 0 Å². The van der Waals surface area contributed by atoms with Crippen molar-refractivity contribution in [1.82, 2.24) is 9.97 Å². The van der Waals surface area contributed by atoms with E-state index in [1.807, 2.05) is 0 Å². The van der Waals surface area contributed by atoms with Crippen LogP contribution in [-0.2, 0) is 0 Å². The van der Waals surface area contributed by atoms with Crippen LogP contribution in [0.1, 0.15) is 5.69 Å². The van der Waals surface area contributed by atoms with E-state index in [-0.39, 0.29) is 0 Å². The van der Waals surface area contributed by atoms with Crippen molar-refractivity contribution < 1.29 is 0 Å². The number of hydrogen-bond donors (Lipinski definition) is 0. The number of aryl methyl sites for hydroxylation is 1. The zero-order valence-corrected chi connectivity index (χ0v) is 32.6. The van der Waals surface area contributed by atoms with Crippen LogP contribution in [0.5, 0.6) is 0 Å². The van der Waals surface area contributed by atoms with Crippen molar-refractivity contribution in [3.8, 4) is 66.9 Å². The molecule has 276 valence electrons. The van der Waals surface area contributed by atoms with Gasteiger partial charge in [-0.15, -0.1) is 0 Å². The van der Waals surface area contributed by atoms with E-state index in [0.29, 0.717) is 0 Å². The lowest BCUT2D eigenvalue weighted by atomic mass is 9.85. The highest BCUT2D eigenvalue weighted by Crippen LogP contribution is 2.46. The van der Waals surface area contributed by atoms with E-state index >= 15 is 0 Å². The molecule has 0 aliphatic heterocycles. The molecule has 0 unspecified atom stereocenters. The summed E-state index contributed by atoms with van der Waals surface area (Å²) in [5.41, 5.74) is 16.8. The third-order valence-electron chi connectivity index (χ3n) is 11.7. The molecule has 0 spiro atoms. The molecule has 0 aliphatic rings. The van der Waals surface area contributed by atoms with Crippen molar-refractivity contribution in [1.29, 1.82) is 0 Å². The highest BCUT2D eigenvalue weighted by molar-refractivity contribution is 6.22. The number of benzene rings is 9. The van der Waals surface area contributed by atoms with Crippen LogP contribution >= 0.6 is 0 Å². The molecule has 2 nitrogen and oxygen atoms in total. The largest absolute Gasteiger partial charge is 0.251 e. The van der Waals surface area contributed by atoms with Gasteiger partial charge in [0.25, 0.3) is 0 Å². The third-order valence-corrected chi connectivity index (χ3v) is 11.7. The fraction of sp³-hybridized carbons (Fsp3) is 0.0175. The lowest BCUT2D eigenvalue weighted by Gasteiger charge is -2.19. The zero-order valence-electron chi connectivity index (χ0n) is 32.6. The Labute approximate surface area is 343 Å². The molecule has 0 aliphatic carbocycles. The molecule has 59 heavy (non-hydrogen) atoms. The van der Waals surface area contributed by atoms with Crippen LogP contribution in [0, 0.1) is 6.92 Å². The molecule has 0 saturated carbocycles. The third kappa shape index (κ3) is 5.97. The van der Waals surface area contributed by atoms with Gasteiger partial charge in [0.2, 0.25) is 0 Å². The maximum absolute atomic E-state index is 5.43. The van der Waals surface area contributed by atoms with Crippen LogP contribution in [0.4, 0.5) is 0 Å². The molecular formula is C57H38N2. The van der Waals surface area contributed by atoms with Crippen LogP contribution in [-0.4, -0.2) is 9.97 Å². The molecule has 9 aromatic carbocycles. The van der Waals surface area contributed by atoms with Gasteiger partial charge in [0.15, 0.2) is 0 Å². The molecule has 0 bridgehead atoms. The monoisotopic (exact) mass is 750 g/mol. The number of hydrogen-bond acceptors (Lipinski definition) is 2. The minimum atomic E-state index is 0.910. The number of nitrogens with zero attached hydrogens (tertiary/aromatic N) is 2. The van der Waals surface area contributed by atoms with Gasteiger partial charge >= 0.3 is 0 Å². The average molecular weight is 751 g/mol. The van der Waals surface area contributed by atoms with Gasteiger partial charge in [-0.3, -0.25) is 4.98 Å². The van der Waals surface area contributed by atoms with E-state index in [0.717, 1.165) is 55.4 Å². The van der Waals surface area contributed by atoms with Gasteiger partial charge in [-0.1, -0.05) is 188 Å². The summed E-state index contributed by atoms with van der Waals surface area (Å²) in [5, 5.41) is 7.19. The number of fused-ring (bicyclic) bond motifs is 5. The molecule has 0 fully saturated rings. The molecule has 0 radical (unpaired) electrons. The minimum Gasteiger partial charge on any atom is -0.251 e. The first-order valence-electron chi connectivity index (χ1n) is 20.2. The lowest BCUT2D eigenvalue weighted by molar-refractivity contribution is 1.25.